The van der Waals surface area contributed by atoms with Crippen LogP contribution in [0.5, 0.6) is 0 Å². The van der Waals surface area contributed by atoms with Crippen LogP contribution >= 0.6 is 0 Å². The first kappa shape index (κ1) is 18.6. The molecule has 1 amide bonds. The number of carbonyl (C=O) groups excluding carboxylic acids is 1. The Morgan fingerprint density at radius 1 is 1.00 bits per heavy atom. The fourth-order valence-corrected chi connectivity index (χ4v) is 4.80. The Labute approximate surface area is 171 Å². The summed E-state index contributed by atoms with van der Waals surface area (Å²) in [5.41, 5.74) is 3.54. The number of morpholine rings is 1. The highest BCUT2D eigenvalue weighted by Gasteiger charge is 2.32. The number of anilines is 1. The molecule has 3 heterocycles. The van der Waals surface area contributed by atoms with Crippen LogP contribution in [-0.2, 0) is 22.4 Å². The van der Waals surface area contributed by atoms with Crippen molar-refractivity contribution in [3.8, 4) is 11.4 Å². The van der Waals surface area contributed by atoms with Crippen LogP contribution in [0.3, 0.4) is 0 Å². The number of fused-ring (bicyclic) bond motifs is 1. The summed E-state index contributed by atoms with van der Waals surface area (Å²) in [5, 5.41) is 0. The molecule has 0 radical (unpaired) electrons. The summed E-state index contributed by atoms with van der Waals surface area (Å²) in [5.74, 6) is 2.20. The van der Waals surface area contributed by atoms with Gasteiger partial charge >= 0.3 is 0 Å². The monoisotopic (exact) mass is 392 g/mol. The van der Waals surface area contributed by atoms with Gasteiger partial charge in [-0.15, -0.1) is 0 Å². The highest BCUT2D eigenvalue weighted by Crippen LogP contribution is 2.33. The molecule has 0 N–H and O–H groups in total. The van der Waals surface area contributed by atoms with E-state index in [0.717, 1.165) is 75.5 Å². The largest absolute Gasteiger partial charge is 0.378 e. The maximum Gasteiger partial charge on any atom is 0.227 e. The average molecular weight is 393 g/mol. The molecule has 1 atom stereocenters. The van der Waals surface area contributed by atoms with Gasteiger partial charge in [-0.3, -0.25) is 4.79 Å². The molecule has 3 aliphatic rings. The zero-order chi connectivity index (χ0) is 19.6. The lowest BCUT2D eigenvalue weighted by Gasteiger charge is -2.37. The van der Waals surface area contributed by atoms with E-state index in [1.165, 1.54) is 11.3 Å². The third-order valence-electron chi connectivity index (χ3n) is 6.34. The predicted octanol–water partition coefficient (Wildman–Crippen LogP) is 2.71. The fourth-order valence-electron chi connectivity index (χ4n) is 4.80. The van der Waals surface area contributed by atoms with E-state index in [0.29, 0.717) is 13.2 Å². The van der Waals surface area contributed by atoms with Gasteiger partial charge in [-0.2, -0.15) is 0 Å². The zero-order valence-electron chi connectivity index (χ0n) is 16.8. The molecule has 5 rings (SSSR count). The van der Waals surface area contributed by atoms with Gasteiger partial charge in [0.1, 0.15) is 5.82 Å². The first-order valence-corrected chi connectivity index (χ1v) is 10.9. The second kappa shape index (κ2) is 8.11. The molecule has 1 aliphatic carbocycles. The summed E-state index contributed by atoms with van der Waals surface area (Å²) < 4.78 is 5.41. The van der Waals surface area contributed by atoms with Crippen LogP contribution in [0.1, 0.15) is 30.5 Å². The second-order valence-corrected chi connectivity index (χ2v) is 8.24. The maximum atomic E-state index is 13.1. The van der Waals surface area contributed by atoms with Crippen LogP contribution in [0.15, 0.2) is 30.3 Å². The molecular formula is C23H28N4O2. The molecule has 2 aliphatic heterocycles. The van der Waals surface area contributed by atoms with Crippen LogP contribution in [0.4, 0.5) is 5.82 Å². The number of piperidine rings is 1. The molecule has 152 valence electrons. The molecule has 1 aromatic heterocycles. The van der Waals surface area contributed by atoms with E-state index in [1.54, 1.807) is 0 Å². The van der Waals surface area contributed by atoms with Gasteiger partial charge in [0.2, 0.25) is 5.91 Å². The predicted molar refractivity (Wildman–Crippen MR) is 112 cm³/mol. The highest BCUT2D eigenvalue weighted by molar-refractivity contribution is 5.80. The summed E-state index contributed by atoms with van der Waals surface area (Å²) in [6.45, 7) is 4.47. The second-order valence-electron chi connectivity index (χ2n) is 8.24. The van der Waals surface area contributed by atoms with Crippen LogP contribution in [0, 0.1) is 5.92 Å². The number of aryl methyl sites for hydroxylation is 1. The molecular weight excluding hydrogens is 364 g/mol. The average Bonchev–Trinajstić information content (AvgIpc) is 3.28. The topological polar surface area (TPSA) is 58.6 Å². The molecule has 1 unspecified atom stereocenters. The van der Waals surface area contributed by atoms with E-state index >= 15 is 0 Å². The van der Waals surface area contributed by atoms with Crippen molar-refractivity contribution >= 4 is 11.7 Å². The quantitative estimate of drug-likeness (QED) is 0.804. The number of benzene rings is 1. The van der Waals surface area contributed by atoms with Gasteiger partial charge in [0.25, 0.3) is 0 Å². The van der Waals surface area contributed by atoms with E-state index in [1.807, 2.05) is 23.1 Å². The number of amides is 1. The Kier molecular flexibility index (Phi) is 5.19. The van der Waals surface area contributed by atoms with Crippen molar-refractivity contribution in [3.63, 3.8) is 0 Å². The Morgan fingerprint density at radius 2 is 1.83 bits per heavy atom. The van der Waals surface area contributed by atoms with E-state index in [-0.39, 0.29) is 11.8 Å². The minimum absolute atomic E-state index is 0.0500. The lowest BCUT2D eigenvalue weighted by Crippen LogP contribution is -2.48. The molecule has 1 aromatic carbocycles. The van der Waals surface area contributed by atoms with Crippen LogP contribution < -0.4 is 4.90 Å². The van der Waals surface area contributed by atoms with Crippen LogP contribution in [-0.4, -0.2) is 60.2 Å². The molecule has 0 spiro atoms. The summed E-state index contributed by atoms with van der Waals surface area (Å²) >= 11 is 0. The van der Waals surface area contributed by atoms with Crippen molar-refractivity contribution in [3.05, 3.63) is 41.6 Å². The van der Waals surface area contributed by atoms with Crippen molar-refractivity contribution in [1.82, 2.24) is 14.9 Å². The Balaban J connectivity index is 1.42. The Bertz CT molecular complexity index is 880. The summed E-state index contributed by atoms with van der Waals surface area (Å²) in [6.07, 6.45) is 5.19. The minimum Gasteiger partial charge on any atom is -0.378 e. The number of ether oxygens (including phenoxy) is 1. The molecule has 0 saturated carbocycles. The molecule has 6 nitrogen and oxygen atoms in total. The summed E-state index contributed by atoms with van der Waals surface area (Å²) in [4.78, 5) is 27.3. The third-order valence-corrected chi connectivity index (χ3v) is 6.34. The van der Waals surface area contributed by atoms with Crippen molar-refractivity contribution in [1.29, 1.82) is 0 Å². The molecule has 0 bridgehead atoms. The highest BCUT2D eigenvalue weighted by atomic mass is 16.5. The van der Waals surface area contributed by atoms with Crippen molar-refractivity contribution in [2.24, 2.45) is 5.92 Å². The van der Waals surface area contributed by atoms with Crippen LogP contribution in [0.25, 0.3) is 11.4 Å². The molecule has 29 heavy (non-hydrogen) atoms. The Morgan fingerprint density at radius 3 is 2.66 bits per heavy atom. The molecule has 2 saturated heterocycles. The van der Waals surface area contributed by atoms with Crippen molar-refractivity contribution in [2.75, 3.05) is 44.3 Å². The normalized spacial score (nSPS) is 21.9. The molecule has 6 heteroatoms. The van der Waals surface area contributed by atoms with Gasteiger partial charge in [0, 0.05) is 43.0 Å². The molecule has 2 aromatic rings. The van der Waals surface area contributed by atoms with E-state index in [2.05, 4.69) is 17.0 Å². The first-order chi connectivity index (χ1) is 14.3. The standard InChI is InChI=1S/C23H28N4O2/c28-23(26-12-14-29-15-13-26)18-8-5-11-27(16-18)22-19-9-4-10-20(19)24-21(25-22)17-6-2-1-3-7-17/h1-3,6-7,18H,4-5,8-16H2. The van der Waals surface area contributed by atoms with Crippen molar-refractivity contribution < 1.29 is 9.53 Å². The lowest BCUT2D eigenvalue weighted by atomic mass is 9.96. The van der Waals surface area contributed by atoms with Crippen LogP contribution in [0.2, 0.25) is 0 Å². The number of hydrogen-bond acceptors (Lipinski definition) is 5. The fraction of sp³-hybridized carbons (Fsp3) is 0.522. The number of carbonyl (C=O) groups is 1. The van der Waals surface area contributed by atoms with Gasteiger partial charge < -0.3 is 14.5 Å². The Hall–Kier alpha value is -2.47. The van der Waals surface area contributed by atoms with Gasteiger partial charge in [0.05, 0.1) is 19.1 Å². The maximum absolute atomic E-state index is 13.1. The SMILES string of the molecule is O=C(C1CCCN(c2nc(-c3ccccc3)nc3c2CCC3)C1)N1CCOCC1. The van der Waals surface area contributed by atoms with Crippen molar-refractivity contribution in [2.45, 2.75) is 32.1 Å². The van der Waals surface area contributed by atoms with Gasteiger partial charge in [0.15, 0.2) is 5.82 Å². The van der Waals surface area contributed by atoms with Gasteiger partial charge in [-0.25, -0.2) is 9.97 Å². The number of nitrogens with zero attached hydrogens (tertiary/aromatic N) is 4. The number of hydrogen-bond donors (Lipinski definition) is 0. The van der Waals surface area contributed by atoms with E-state index in [9.17, 15) is 4.79 Å². The summed E-state index contributed by atoms with van der Waals surface area (Å²) in [6, 6.07) is 10.2. The van der Waals surface area contributed by atoms with Gasteiger partial charge in [-0.05, 0) is 32.1 Å². The third kappa shape index (κ3) is 3.73. The number of rotatable bonds is 3. The molecule has 2 fully saturated rings. The summed E-state index contributed by atoms with van der Waals surface area (Å²) in [7, 11) is 0. The number of aromatic nitrogens is 2. The van der Waals surface area contributed by atoms with E-state index in [4.69, 9.17) is 14.7 Å². The van der Waals surface area contributed by atoms with E-state index < -0.39 is 0 Å². The minimum atomic E-state index is 0.0500. The van der Waals surface area contributed by atoms with Gasteiger partial charge in [-0.1, -0.05) is 30.3 Å². The zero-order valence-corrected chi connectivity index (χ0v) is 16.8. The first-order valence-electron chi connectivity index (χ1n) is 10.9. The lowest BCUT2D eigenvalue weighted by molar-refractivity contribution is -0.139. The smallest absolute Gasteiger partial charge is 0.227 e.